The van der Waals surface area contributed by atoms with Crippen molar-refractivity contribution in [2.45, 2.75) is 19.3 Å². The normalized spacial score (nSPS) is 14.8. The Hall–Kier alpha value is -1.28. The maximum absolute atomic E-state index is 11.9. The molecule has 6 heteroatoms. The molecule has 4 nitrogen and oxygen atoms in total. The Kier molecular flexibility index (Phi) is 5.11. The van der Waals surface area contributed by atoms with Crippen molar-refractivity contribution in [3.05, 3.63) is 49.5 Å². The zero-order chi connectivity index (χ0) is 16.4. The van der Waals surface area contributed by atoms with Gasteiger partial charge in [-0.25, -0.2) is 0 Å². The average Bonchev–Trinajstić information content (AvgIpc) is 2.51. The lowest BCUT2D eigenvalue weighted by molar-refractivity contribution is -0.121. The number of phenols is 1. The van der Waals surface area contributed by atoms with E-state index in [1.807, 2.05) is 30.3 Å². The molecule has 2 heterocycles. The lowest BCUT2D eigenvalue weighted by atomic mass is 10.1. The molecule has 23 heavy (non-hydrogen) atoms. The number of rotatable bonds is 0. The van der Waals surface area contributed by atoms with Gasteiger partial charge in [0.2, 0.25) is 5.91 Å². The molecule has 4 bridgehead atoms. The molecule has 2 aliphatic rings. The van der Waals surface area contributed by atoms with Crippen molar-refractivity contribution < 1.29 is 14.6 Å². The van der Waals surface area contributed by atoms with E-state index in [0.29, 0.717) is 41.8 Å². The van der Waals surface area contributed by atoms with E-state index in [4.69, 9.17) is 4.74 Å². The minimum atomic E-state index is 0.0514. The summed E-state index contributed by atoms with van der Waals surface area (Å²) in [5, 5.41) is 13.1. The van der Waals surface area contributed by atoms with Crippen LogP contribution < -0.4 is 10.1 Å². The molecular formula is C17H15BrINO3. The molecule has 0 aliphatic carbocycles. The fourth-order valence-corrected chi connectivity index (χ4v) is 3.62. The largest absolute Gasteiger partial charge is 0.503 e. The Labute approximate surface area is 156 Å². The third kappa shape index (κ3) is 3.98. The smallest absolute Gasteiger partial charge is 0.220 e. The van der Waals surface area contributed by atoms with Crippen LogP contribution in [-0.2, 0) is 17.6 Å². The zero-order valence-corrected chi connectivity index (χ0v) is 16.0. The third-order valence-corrected chi connectivity index (χ3v) is 5.13. The van der Waals surface area contributed by atoms with E-state index >= 15 is 0 Å². The van der Waals surface area contributed by atoms with E-state index in [1.165, 1.54) is 0 Å². The SMILES string of the molecule is O=C1CCc2ccc(c(I)c2)Oc2cc(cc(Br)c2O)CCN1. The van der Waals surface area contributed by atoms with E-state index in [9.17, 15) is 9.90 Å². The summed E-state index contributed by atoms with van der Waals surface area (Å²) in [6, 6.07) is 9.48. The van der Waals surface area contributed by atoms with Crippen molar-refractivity contribution in [2.24, 2.45) is 0 Å². The minimum Gasteiger partial charge on any atom is -0.503 e. The van der Waals surface area contributed by atoms with E-state index in [1.54, 1.807) is 0 Å². The first kappa shape index (κ1) is 16.6. The third-order valence-electron chi connectivity index (χ3n) is 3.68. The van der Waals surface area contributed by atoms with Crippen LogP contribution in [0.2, 0.25) is 0 Å². The Bertz CT molecular complexity index is 764. The summed E-state index contributed by atoms with van der Waals surface area (Å²) in [7, 11) is 0. The molecule has 0 radical (unpaired) electrons. The fraction of sp³-hybridized carbons (Fsp3) is 0.235. The van der Waals surface area contributed by atoms with Gasteiger partial charge in [0.15, 0.2) is 11.5 Å². The number of hydrogen-bond donors (Lipinski definition) is 2. The van der Waals surface area contributed by atoms with Gasteiger partial charge in [0.1, 0.15) is 5.75 Å². The summed E-state index contributed by atoms with van der Waals surface area (Å²) in [5.41, 5.74) is 2.07. The van der Waals surface area contributed by atoms with E-state index in [0.717, 1.165) is 14.7 Å². The molecule has 0 fully saturated rings. The number of ether oxygens (including phenoxy) is 1. The lowest BCUT2D eigenvalue weighted by Crippen LogP contribution is -2.25. The number of halogens is 2. The molecule has 0 saturated carbocycles. The van der Waals surface area contributed by atoms with Gasteiger partial charge in [0.25, 0.3) is 0 Å². The topological polar surface area (TPSA) is 58.6 Å². The molecule has 2 aromatic carbocycles. The number of nitrogens with one attached hydrogen (secondary N) is 1. The monoisotopic (exact) mass is 487 g/mol. The van der Waals surface area contributed by atoms with Crippen LogP contribution in [0.15, 0.2) is 34.8 Å². The summed E-state index contributed by atoms with van der Waals surface area (Å²) in [5.74, 6) is 1.22. The van der Waals surface area contributed by atoms with Crippen molar-refractivity contribution in [1.29, 1.82) is 0 Å². The van der Waals surface area contributed by atoms with E-state index in [-0.39, 0.29) is 11.7 Å². The van der Waals surface area contributed by atoms with Crippen molar-refractivity contribution in [2.75, 3.05) is 6.54 Å². The van der Waals surface area contributed by atoms with Gasteiger partial charge in [-0.05, 0) is 86.8 Å². The van der Waals surface area contributed by atoms with Crippen LogP contribution in [0.3, 0.4) is 0 Å². The highest BCUT2D eigenvalue weighted by atomic mass is 127. The number of amides is 1. The minimum absolute atomic E-state index is 0.0514. The van der Waals surface area contributed by atoms with Crippen LogP contribution in [0.1, 0.15) is 17.5 Å². The molecule has 1 amide bonds. The van der Waals surface area contributed by atoms with Gasteiger partial charge < -0.3 is 15.2 Å². The van der Waals surface area contributed by atoms with Crippen molar-refractivity contribution >= 4 is 44.4 Å². The van der Waals surface area contributed by atoms with Gasteiger partial charge >= 0.3 is 0 Å². The Morgan fingerprint density at radius 1 is 1.09 bits per heavy atom. The second-order valence-corrected chi connectivity index (χ2v) is 7.41. The fourth-order valence-electron chi connectivity index (χ4n) is 2.44. The van der Waals surface area contributed by atoms with Crippen molar-refractivity contribution in [3.63, 3.8) is 0 Å². The molecule has 0 aromatic heterocycles. The molecule has 0 saturated heterocycles. The van der Waals surface area contributed by atoms with Crippen molar-refractivity contribution in [3.8, 4) is 17.2 Å². The molecule has 2 N–H and O–H groups in total. The Morgan fingerprint density at radius 3 is 2.70 bits per heavy atom. The Morgan fingerprint density at radius 2 is 1.91 bits per heavy atom. The molecule has 0 atom stereocenters. The standard InChI is InChI=1S/C17H15BrINO3/c18-12-7-11-5-6-20-16(21)4-2-10-1-3-14(13(19)8-10)23-15(9-11)17(12)22/h1,3,7-9,22H,2,4-6H2,(H,20,21). The molecule has 2 aromatic rings. The summed E-state index contributed by atoms with van der Waals surface area (Å²) in [4.78, 5) is 11.9. The van der Waals surface area contributed by atoms with Crippen LogP contribution >= 0.6 is 38.5 Å². The van der Waals surface area contributed by atoms with Crippen LogP contribution in [0.4, 0.5) is 0 Å². The number of aryl methyl sites for hydroxylation is 1. The number of carbonyl (C=O) groups excluding carboxylic acids is 1. The molecule has 0 unspecified atom stereocenters. The number of hydrogen-bond acceptors (Lipinski definition) is 3. The predicted octanol–water partition coefficient (Wildman–Crippen LogP) is 4.16. The number of fused-ring (bicyclic) bond motifs is 7. The van der Waals surface area contributed by atoms with Gasteiger partial charge in [0, 0.05) is 13.0 Å². The van der Waals surface area contributed by atoms with Crippen LogP contribution in [-0.4, -0.2) is 17.6 Å². The molecule has 120 valence electrons. The maximum Gasteiger partial charge on any atom is 0.220 e. The average molecular weight is 488 g/mol. The number of benzene rings is 2. The first-order valence-corrected chi connectivity index (χ1v) is 9.14. The lowest BCUT2D eigenvalue weighted by Gasteiger charge is -2.14. The van der Waals surface area contributed by atoms with Crippen LogP contribution in [0.25, 0.3) is 0 Å². The summed E-state index contributed by atoms with van der Waals surface area (Å²) in [6.07, 6.45) is 1.85. The van der Waals surface area contributed by atoms with Gasteiger partial charge in [-0.1, -0.05) is 6.07 Å². The highest BCUT2D eigenvalue weighted by Gasteiger charge is 2.14. The summed E-state index contributed by atoms with van der Waals surface area (Å²) >= 11 is 5.56. The van der Waals surface area contributed by atoms with Crippen LogP contribution in [0, 0.1) is 3.57 Å². The quantitative estimate of drug-likeness (QED) is 0.548. The van der Waals surface area contributed by atoms with E-state index in [2.05, 4.69) is 43.8 Å². The van der Waals surface area contributed by atoms with Crippen molar-refractivity contribution in [1.82, 2.24) is 5.32 Å². The molecule has 2 aliphatic heterocycles. The summed E-state index contributed by atoms with van der Waals surface area (Å²) < 4.78 is 7.43. The zero-order valence-electron chi connectivity index (χ0n) is 12.2. The molecule has 4 rings (SSSR count). The van der Waals surface area contributed by atoms with Gasteiger partial charge in [-0.2, -0.15) is 0 Å². The molecular weight excluding hydrogens is 473 g/mol. The predicted molar refractivity (Wildman–Crippen MR) is 100 cm³/mol. The second-order valence-electron chi connectivity index (χ2n) is 5.39. The van der Waals surface area contributed by atoms with Gasteiger partial charge in [0.05, 0.1) is 8.04 Å². The van der Waals surface area contributed by atoms with Crippen LogP contribution in [0.5, 0.6) is 17.2 Å². The molecule has 0 spiro atoms. The summed E-state index contributed by atoms with van der Waals surface area (Å²) in [6.45, 7) is 0.560. The van der Waals surface area contributed by atoms with Gasteiger partial charge in [-0.3, -0.25) is 4.79 Å². The number of phenolic OH excluding ortho intramolecular Hbond substituents is 1. The number of carbonyl (C=O) groups is 1. The Balaban J connectivity index is 2.03. The second kappa shape index (κ2) is 7.09. The van der Waals surface area contributed by atoms with E-state index < -0.39 is 0 Å². The highest BCUT2D eigenvalue weighted by molar-refractivity contribution is 14.1. The maximum atomic E-state index is 11.9. The first-order valence-electron chi connectivity index (χ1n) is 7.27. The number of aromatic hydroxyl groups is 1. The van der Waals surface area contributed by atoms with Gasteiger partial charge in [-0.15, -0.1) is 0 Å². The highest BCUT2D eigenvalue weighted by Crippen LogP contribution is 2.39. The first-order chi connectivity index (χ1) is 11.0.